The van der Waals surface area contributed by atoms with Crippen molar-refractivity contribution >= 4 is 27.5 Å². The van der Waals surface area contributed by atoms with E-state index in [0.717, 1.165) is 46.7 Å². The first kappa shape index (κ1) is 35.5. The van der Waals surface area contributed by atoms with E-state index in [1.807, 2.05) is 68.4 Å². The normalized spacial score (nSPS) is 13.8. The van der Waals surface area contributed by atoms with E-state index in [1.165, 1.54) is 17.0 Å². The number of amides is 2. The van der Waals surface area contributed by atoms with Crippen LogP contribution in [0, 0.1) is 6.92 Å². The molecule has 9 nitrogen and oxygen atoms in total. The molecule has 2 amide bonds. The molecular weight excluding hydrogens is 639 g/mol. The van der Waals surface area contributed by atoms with Gasteiger partial charge < -0.3 is 19.7 Å². The van der Waals surface area contributed by atoms with E-state index in [9.17, 15) is 18.0 Å². The maximum Gasteiger partial charge on any atom is 0.264 e. The predicted molar refractivity (Wildman–Crippen MR) is 191 cm³/mol. The van der Waals surface area contributed by atoms with E-state index in [-0.39, 0.29) is 29.8 Å². The molecular formula is C39H45N3O6S. The number of anilines is 1. The third-order valence-electron chi connectivity index (χ3n) is 8.78. The lowest BCUT2D eigenvalue weighted by atomic mass is 10.0. The first-order chi connectivity index (χ1) is 23.7. The topological polar surface area (TPSA) is 105 Å². The van der Waals surface area contributed by atoms with Crippen LogP contribution in [-0.4, -0.2) is 57.5 Å². The van der Waals surface area contributed by atoms with E-state index in [0.29, 0.717) is 23.8 Å². The SMILES string of the molecule is CCOc1ccc(N(CC(=O)N(Cc2cccc(OC)c2)C(Cc2ccccc2)C(=O)NC2CCCC2)S(=O)(=O)c2ccc(C)cc2)cc1. The second-order valence-corrected chi connectivity index (χ2v) is 14.2. The van der Waals surface area contributed by atoms with Gasteiger partial charge in [-0.3, -0.25) is 13.9 Å². The van der Waals surface area contributed by atoms with Crippen LogP contribution in [0.15, 0.2) is 108 Å². The number of hydrogen-bond acceptors (Lipinski definition) is 6. The van der Waals surface area contributed by atoms with E-state index >= 15 is 0 Å². The van der Waals surface area contributed by atoms with E-state index < -0.39 is 28.5 Å². The molecule has 0 spiro atoms. The van der Waals surface area contributed by atoms with Crippen LogP contribution in [0.25, 0.3) is 0 Å². The van der Waals surface area contributed by atoms with Gasteiger partial charge in [0.05, 0.1) is 24.3 Å². The largest absolute Gasteiger partial charge is 0.497 e. The van der Waals surface area contributed by atoms with Crippen molar-refractivity contribution in [3.63, 3.8) is 0 Å². The molecule has 0 saturated heterocycles. The maximum atomic E-state index is 14.7. The Labute approximate surface area is 289 Å². The monoisotopic (exact) mass is 683 g/mol. The van der Waals surface area contributed by atoms with Crippen molar-refractivity contribution in [2.24, 2.45) is 0 Å². The summed E-state index contributed by atoms with van der Waals surface area (Å²) in [6, 6.07) is 29.2. The van der Waals surface area contributed by atoms with Gasteiger partial charge in [-0.15, -0.1) is 0 Å². The quantitative estimate of drug-likeness (QED) is 0.158. The fourth-order valence-electron chi connectivity index (χ4n) is 6.13. The lowest BCUT2D eigenvalue weighted by molar-refractivity contribution is -0.140. The zero-order chi connectivity index (χ0) is 34.8. The van der Waals surface area contributed by atoms with Crippen molar-refractivity contribution in [2.45, 2.75) is 69.5 Å². The number of sulfonamides is 1. The number of rotatable bonds is 15. The van der Waals surface area contributed by atoms with Crippen molar-refractivity contribution in [3.05, 3.63) is 120 Å². The summed E-state index contributed by atoms with van der Waals surface area (Å²) in [5.41, 5.74) is 2.83. The van der Waals surface area contributed by atoms with Crippen molar-refractivity contribution in [1.29, 1.82) is 0 Å². The minimum atomic E-state index is -4.21. The number of ether oxygens (including phenoxy) is 2. The average Bonchev–Trinajstić information content (AvgIpc) is 3.63. The summed E-state index contributed by atoms with van der Waals surface area (Å²) >= 11 is 0. The third kappa shape index (κ3) is 9.20. The molecule has 1 unspecified atom stereocenters. The fourth-order valence-corrected chi connectivity index (χ4v) is 7.54. The van der Waals surface area contributed by atoms with E-state index in [1.54, 1.807) is 43.5 Å². The Kier molecular flexibility index (Phi) is 12.0. The van der Waals surface area contributed by atoms with Crippen LogP contribution >= 0.6 is 0 Å². The molecule has 49 heavy (non-hydrogen) atoms. The van der Waals surface area contributed by atoms with Crippen molar-refractivity contribution in [2.75, 3.05) is 24.6 Å². The zero-order valence-corrected chi connectivity index (χ0v) is 29.2. The van der Waals surface area contributed by atoms with Gasteiger partial charge in [-0.05, 0) is 86.3 Å². The number of carbonyl (C=O) groups excluding carboxylic acids is 2. The van der Waals surface area contributed by atoms with Gasteiger partial charge in [0.25, 0.3) is 10.0 Å². The number of benzene rings is 4. The maximum absolute atomic E-state index is 14.7. The Bertz CT molecular complexity index is 1790. The standard InChI is InChI=1S/C39H45N3O6S/c1-4-48-34-21-19-33(20-22-34)42(49(45,46)36-23-17-29(2)18-24-36)28-38(43)41(27-31-13-10-16-35(25-31)47-3)37(26-30-11-6-5-7-12-30)39(44)40-32-14-8-9-15-32/h5-7,10-13,16-25,32,37H,4,8-9,14-15,26-28H2,1-3H3,(H,40,44). The summed E-state index contributed by atoms with van der Waals surface area (Å²) in [5, 5.41) is 3.20. The minimum absolute atomic E-state index is 0.0295. The van der Waals surface area contributed by atoms with Crippen LogP contribution in [0.2, 0.25) is 0 Å². The summed E-state index contributed by atoms with van der Waals surface area (Å²) in [6.07, 6.45) is 4.09. The first-order valence-corrected chi connectivity index (χ1v) is 18.2. The molecule has 10 heteroatoms. The Morgan fingerprint density at radius 1 is 0.857 bits per heavy atom. The minimum Gasteiger partial charge on any atom is -0.497 e. The zero-order valence-electron chi connectivity index (χ0n) is 28.4. The van der Waals surface area contributed by atoms with Gasteiger partial charge in [0.2, 0.25) is 11.8 Å². The number of nitrogens with zero attached hydrogens (tertiary/aromatic N) is 2. The molecule has 1 saturated carbocycles. The Morgan fingerprint density at radius 3 is 2.18 bits per heavy atom. The van der Waals surface area contributed by atoms with Crippen LogP contribution in [0.4, 0.5) is 5.69 Å². The van der Waals surface area contributed by atoms with Crippen LogP contribution in [0.1, 0.15) is 49.3 Å². The second kappa shape index (κ2) is 16.5. The second-order valence-electron chi connectivity index (χ2n) is 12.3. The van der Waals surface area contributed by atoms with Gasteiger partial charge in [-0.25, -0.2) is 8.42 Å². The molecule has 0 radical (unpaired) electrons. The molecule has 0 aromatic heterocycles. The number of methoxy groups -OCH3 is 1. The number of nitrogens with one attached hydrogen (secondary N) is 1. The third-order valence-corrected chi connectivity index (χ3v) is 10.6. The lowest BCUT2D eigenvalue weighted by Crippen LogP contribution is -2.54. The molecule has 4 aromatic carbocycles. The molecule has 0 heterocycles. The van der Waals surface area contributed by atoms with Crippen molar-refractivity contribution < 1.29 is 27.5 Å². The Balaban J connectivity index is 1.57. The van der Waals surface area contributed by atoms with Gasteiger partial charge in [0, 0.05) is 19.0 Å². The number of hydrogen-bond donors (Lipinski definition) is 1. The van der Waals surface area contributed by atoms with E-state index in [2.05, 4.69) is 5.32 Å². The summed E-state index contributed by atoms with van der Waals surface area (Å²) in [4.78, 5) is 30.5. The van der Waals surface area contributed by atoms with Gasteiger partial charge in [0.15, 0.2) is 0 Å². The highest BCUT2D eigenvalue weighted by Gasteiger charge is 2.35. The van der Waals surface area contributed by atoms with Gasteiger partial charge in [-0.2, -0.15) is 0 Å². The summed E-state index contributed by atoms with van der Waals surface area (Å²) in [7, 11) is -2.64. The highest BCUT2D eigenvalue weighted by molar-refractivity contribution is 7.92. The molecule has 1 fully saturated rings. The van der Waals surface area contributed by atoms with Crippen LogP contribution < -0.4 is 19.1 Å². The van der Waals surface area contributed by atoms with Gasteiger partial charge >= 0.3 is 0 Å². The molecule has 4 aromatic rings. The van der Waals surface area contributed by atoms with Crippen LogP contribution in [-0.2, 0) is 32.6 Å². The molecule has 258 valence electrons. The number of aryl methyl sites for hydroxylation is 1. The Hall–Kier alpha value is -4.83. The van der Waals surface area contributed by atoms with Gasteiger partial charge in [0.1, 0.15) is 24.1 Å². The van der Waals surface area contributed by atoms with Gasteiger partial charge in [-0.1, -0.05) is 73.0 Å². The molecule has 0 bridgehead atoms. The highest BCUT2D eigenvalue weighted by Crippen LogP contribution is 2.28. The summed E-state index contributed by atoms with van der Waals surface area (Å²) in [6.45, 7) is 3.73. The van der Waals surface area contributed by atoms with Crippen molar-refractivity contribution in [1.82, 2.24) is 10.2 Å². The lowest BCUT2D eigenvalue weighted by Gasteiger charge is -2.34. The molecule has 1 aliphatic rings. The van der Waals surface area contributed by atoms with Crippen molar-refractivity contribution in [3.8, 4) is 11.5 Å². The molecule has 1 aliphatic carbocycles. The number of carbonyl (C=O) groups is 2. The molecule has 1 atom stereocenters. The summed E-state index contributed by atoms with van der Waals surface area (Å²) in [5.74, 6) is 0.408. The predicted octanol–water partition coefficient (Wildman–Crippen LogP) is 6.30. The summed E-state index contributed by atoms with van der Waals surface area (Å²) < 4.78 is 40.8. The Morgan fingerprint density at radius 2 is 1.53 bits per heavy atom. The molecule has 1 N–H and O–H groups in total. The first-order valence-electron chi connectivity index (χ1n) is 16.8. The van der Waals surface area contributed by atoms with E-state index in [4.69, 9.17) is 9.47 Å². The average molecular weight is 684 g/mol. The smallest absolute Gasteiger partial charge is 0.264 e. The molecule has 0 aliphatic heterocycles. The molecule has 5 rings (SSSR count). The van der Waals surface area contributed by atoms with Crippen LogP contribution in [0.3, 0.4) is 0 Å². The highest BCUT2D eigenvalue weighted by atomic mass is 32.2. The fraction of sp³-hybridized carbons (Fsp3) is 0.333. The van der Waals surface area contributed by atoms with Crippen LogP contribution in [0.5, 0.6) is 11.5 Å².